The molecule has 0 bridgehead atoms. The van der Waals surface area contributed by atoms with Crippen LogP contribution in [-0.2, 0) is 6.54 Å². The molecule has 5 heteroatoms. The Kier molecular flexibility index (Phi) is 4.57. The van der Waals surface area contributed by atoms with Crippen molar-refractivity contribution in [1.29, 1.82) is 0 Å². The highest BCUT2D eigenvalue weighted by Gasteiger charge is 2.21. The van der Waals surface area contributed by atoms with Crippen molar-refractivity contribution in [3.05, 3.63) is 69.8 Å². The van der Waals surface area contributed by atoms with Crippen molar-refractivity contribution in [3.63, 3.8) is 0 Å². The average Bonchev–Trinajstić information content (AvgIpc) is 2.57. The maximum atomic E-state index is 10.7. The Balaban J connectivity index is 1.57. The molecule has 0 amide bonds. The monoisotopic (exact) mass is 312 g/mol. The molecule has 0 spiro atoms. The fourth-order valence-corrected chi connectivity index (χ4v) is 3.18. The number of quaternary nitrogens is 1. The normalized spacial score (nSPS) is 15.6. The SMILES string of the molecule is Cc1ccccc1N1CC[NH+](Cc2ccc([N+](=O)[O-])cc2)CC1. The number of para-hydroxylation sites is 1. The van der Waals surface area contributed by atoms with Crippen LogP contribution in [-0.4, -0.2) is 31.1 Å². The molecule has 0 aromatic heterocycles. The zero-order chi connectivity index (χ0) is 16.2. The molecule has 0 unspecified atom stereocenters. The first kappa shape index (κ1) is 15.5. The second-order valence-electron chi connectivity index (χ2n) is 6.12. The van der Waals surface area contributed by atoms with Crippen LogP contribution in [0.3, 0.4) is 0 Å². The van der Waals surface area contributed by atoms with Gasteiger partial charge in [0.05, 0.1) is 31.1 Å². The van der Waals surface area contributed by atoms with Gasteiger partial charge in [0, 0.05) is 23.4 Å². The Morgan fingerprint density at radius 3 is 2.35 bits per heavy atom. The number of nitro benzene ring substituents is 1. The Morgan fingerprint density at radius 2 is 1.74 bits per heavy atom. The van der Waals surface area contributed by atoms with Crippen molar-refractivity contribution < 1.29 is 9.82 Å². The van der Waals surface area contributed by atoms with Crippen LogP contribution in [0.4, 0.5) is 11.4 Å². The summed E-state index contributed by atoms with van der Waals surface area (Å²) >= 11 is 0. The molecule has 23 heavy (non-hydrogen) atoms. The van der Waals surface area contributed by atoms with Gasteiger partial charge in [-0.2, -0.15) is 0 Å². The van der Waals surface area contributed by atoms with Crippen LogP contribution in [0.1, 0.15) is 11.1 Å². The number of piperazine rings is 1. The maximum absolute atomic E-state index is 10.7. The molecule has 3 rings (SSSR count). The van der Waals surface area contributed by atoms with E-state index >= 15 is 0 Å². The molecule has 2 aromatic rings. The predicted molar refractivity (Wildman–Crippen MR) is 90.9 cm³/mol. The molecular formula is C18H22N3O2+. The Labute approximate surface area is 136 Å². The molecule has 1 fully saturated rings. The second kappa shape index (κ2) is 6.79. The van der Waals surface area contributed by atoms with E-state index < -0.39 is 0 Å². The van der Waals surface area contributed by atoms with Crippen molar-refractivity contribution in [1.82, 2.24) is 0 Å². The fraction of sp³-hybridized carbons (Fsp3) is 0.333. The van der Waals surface area contributed by atoms with E-state index in [9.17, 15) is 10.1 Å². The lowest BCUT2D eigenvalue weighted by Crippen LogP contribution is -3.13. The minimum atomic E-state index is -0.350. The van der Waals surface area contributed by atoms with Crippen LogP contribution in [0, 0.1) is 17.0 Å². The lowest BCUT2D eigenvalue weighted by atomic mass is 10.1. The second-order valence-corrected chi connectivity index (χ2v) is 6.12. The zero-order valence-electron chi connectivity index (χ0n) is 13.4. The Morgan fingerprint density at radius 1 is 1.09 bits per heavy atom. The number of nitrogens with zero attached hydrogens (tertiary/aromatic N) is 2. The van der Waals surface area contributed by atoms with Crippen molar-refractivity contribution in [2.24, 2.45) is 0 Å². The molecule has 0 saturated carbocycles. The van der Waals surface area contributed by atoms with Gasteiger partial charge >= 0.3 is 0 Å². The van der Waals surface area contributed by atoms with Crippen LogP contribution in [0.25, 0.3) is 0 Å². The van der Waals surface area contributed by atoms with Crippen LogP contribution in [0.5, 0.6) is 0 Å². The Hall–Kier alpha value is -2.40. The molecule has 0 radical (unpaired) electrons. The number of hydrogen-bond acceptors (Lipinski definition) is 3. The van der Waals surface area contributed by atoms with Crippen LogP contribution in [0.15, 0.2) is 48.5 Å². The third-order valence-corrected chi connectivity index (χ3v) is 4.53. The van der Waals surface area contributed by atoms with Crippen molar-refractivity contribution >= 4 is 11.4 Å². The van der Waals surface area contributed by atoms with E-state index in [0.717, 1.165) is 38.3 Å². The number of hydrogen-bond donors (Lipinski definition) is 1. The quantitative estimate of drug-likeness (QED) is 0.692. The fourth-order valence-electron chi connectivity index (χ4n) is 3.18. The van der Waals surface area contributed by atoms with E-state index in [2.05, 4.69) is 36.1 Å². The molecule has 5 nitrogen and oxygen atoms in total. The minimum absolute atomic E-state index is 0.160. The zero-order valence-corrected chi connectivity index (χ0v) is 13.4. The maximum Gasteiger partial charge on any atom is 0.269 e. The largest absolute Gasteiger partial charge is 0.360 e. The summed E-state index contributed by atoms with van der Waals surface area (Å²) in [5, 5.41) is 10.7. The molecule has 1 saturated heterocycles. The smallest absolute Gasteiger partial charge is 0.269 e. The number of nitro groups is 1. The summed E-state index contributed by atoms with van der Waals surface area (Å²) in [7, 11) is 0. The third-order valence-electron chi connectivity index (χ3n) is 4.53. The highest BCUT2D eigenvalue weighted by molar-refractivity contribution is 5.53. The molecule has 2 aromatic carbocycles. The van der Waals surface area contributed by atoms with E-state index in [-0.39, 0.29) is 10.6 Å². The van der Waals surface area contributed by atoms with Crippen LogP contribution >= 0.6 is 0 Å². The predicted octanol–water partition coefficient (Wildman–Crippen LogP) is 1.81. The highest BCUT2D eigenvalue weighted by Crippen LogP contribution is 2.19. The van der Waals surface area contributed by atoms with Gasteiger partial charge in [0.25, 0.3) is 5.69 Å². The van der Waals surface area contributed by atoms with Gasteiger partial charge in [0.1, 0.15) is 6.54 Å². The van der Waals surface area contributed by atoms with E-state index in [1.54, 1.807) is 12.1 Å². The van der Waals surface area contributed by atoms with E-state index in [4.69, 9.17) is 0 Å². The summed E-state index contributed by atoms with van der Waals surface area (Å²) in [6.07, 6.45) is 0. The summed E-state index contributed by atoms with van der Waals surface area (Å²) in [5.41, 5.74) is 3.98. The lowest BCUT2D eigenvalue weighted by Gasteiger charge is -2.34. The van der Waals surface area contributed by atoms with Gasteiger partial charge < -0.3 is 9.80 Å². The molecule has 0 aliphatic carbocycles. The average molecular weight is 312 g/mol. The number of non-ortho nitro benzene ring substituents is 1. The first-order chi connectivity index (χ1) is 11.1. The van der Waals surface area contributed by atoms with Gasteiger partial charge in [-0.3, -0.25) is 10.1 Å². The lowest BCUT2D eigenvalue weighted by molar-refractivity contribution is -0.914. The number of rotatable bonds is 4. The number of nitrogens with one attached hydrogen (secondary N) is 1. The topological polar surface area (TPSA) is 50.8 Å². The molecule has 1 N–H and O–H groups in total. The van der Waals surface area contributed by atoms with Gasteiger partial charge in [-0.15, -0.1) is 0 Å². The molecule has 0 atom stereocenters. The molecule has 1 aliphatic heterocycles. The van der Waals surface area contributed by atoms with Gasteiger partial charge in [0.2, 0.25) is 0 Å². The summed E-state index contributed by atoms with van der Waals surface area (Å²) in [5.74, 6) is 0. The summed E-state index contributed by atoms with van der Waals surface area (Å²) in [6.45, 7) is 7.36. The van der Waals surface area contributed by atoms with Crippen molar-refractivity contribution in [2.45, 2.75) is 13.5 Å². The van der Waals surface area contributed by atoms with Crippen molar-refractivity contribution in [3.8, 4) is 0 Å². The van der Waals surface area contributed by atoms with Gasteiger partial charge in [-0.1, -0.05) is 18.2 Å². The first-order valence-electron chi connectivity index (χ1n) is 8.01. The van der Waals surface area contributed by atoms with Crippen LogP contribution in [0.2, 0.25) is 0 Å². The van der Waals surface area contributed by atoms with Gasteiger partial charge in [-0.05, 0) is 30.7 Å². The first-order valence-corrected chi connectivity index (χ1v) is 8.01. The van der Waals surface area contributed by atoms with Gasteiger partial charge in [-0.25, -0.2) is 0 Å². The highest BCUT2D eigenvalue weighted by atomic mass is 16.6. The van der Waals surface area contributed by atoms with E-state index in [1.165, 1.54) is 16.2 Å². The van der Waals surface area contributed by atoms with E-state index in [0.29, 0.717) is 0 Å². The Bertz CT molecular complexity index is 677. The summed E-state index contributed by atoms with van der Waals surface area (Å²) < 4.78 is 0. The summed E-state index contributed by atoms with van der Waals surface area (Å²) in [4.78, 5) is 14.3. The van der Waals surface area contributed by atoms with Crippen LogP contribution < -0.4 is 9.80 Å². The third kappa shape index (κ3) is 3.68. The number of anilines is 1. The van der Waals surface area contributed by atoms with Gasteiger partial charge in [0.15, 0.2) is 0 Å². The molecule has 1 heterocycles. The van der Waals surface area contributed by atoms with E-state index in [1.807, 2.05) is 12.1 Å². The molecule has 120 valence electrons. The number of aryl methyl sites for hydroxylation is 1. The number of benzene rings is 2. The molecular weight excluding hydrogens is 290 g/mol. The summed E-state index contributed by atoms with van der Waals surface area (Å²) in [6, 6.07) is 15.5. The standard InChI is InChI=1S/C18H21N3O2/c1-15-4-2-3-5-18(15)20-12-10-19(11-13-20)14-16-6-8-17(9-7-16)21(22)23/h2-9H,10-14H2,1H3/p+1. The van der Waals surface area contributed by atoms with Crippen molar-refractivity contribution in [2.75, 3.05) is 31.1 Å². The minimum Gasteiger partial charge on any atom is -0.360 e. The molecule has 1 aliphatic rings.